The van der Waals surface area contributed by atoms with E-state index in [9.17, 15) is 86.6 Å². The Kier molecular flexibility index (Phi) is 53.6. The van der Waals surface area contributed by atoms with E-state index in [4.69, 9.17) is 56.0 Å². The van der Waals surface area contributed by atoms with Gasteiger partial charge >= 0.3 is 0 Å². The van der Waals surface area contributed by atoms with Gasteiger partial charge in [0.05, 0.1) is 32.2 Å². The average Bonchev–Trinajstić information content (AvgIpc) is 0.863. The third-order valence-corrected chi connectivity index (χ3v) is 20.5. The maximum Gasteiger partial charge on any atom is 0.244 e. The van der Waals surface area contributed by atoms with Crippen molar-refractivity contribution in [2.24, 2.45) is 52.2 Å². The summed E-state index contributed by atoms with van der Waals surface area (Å²) in [5, 5.41) is 90.2. The van der Waals surface area contributed by atoms with E-state index < -0.39 is 240 Å². The van der Waals surface area contributed by atoms with Crippen molar-refractivity contribution >= 4 is 175 Å². The molecule has 52 heteroatoms. The van der Waals surface area contributed by atoms with Gasteiger partial charge in [-0.15, -0.1) is 0 Å². The summed E-state index contributed by atoms with van der Waals surface area (Å²) in [7, 11) is 0. The number of carbonyl (C=O) groups is 17. The number of phenolic OH excluding ortho intramolecular Hbond substituents is 1. The second-order valence-electron chi connectivity index (χ2n) is 31.0. The quantitative estimate of drug-likeness (QED) is 0.0127. The number of primary amides is 1. The molecule has 2 aromatic carbocycles. The van der Waals surface area contributed by atoms with Crippen LogP contribution in [0.25, 0.3) is 0 Å². The van der Waals surface area contributed by atoms with E-state index in [1.54, 1.807) is 71.9 Å². The van der Waals surface area contributed by atoms with Crippen molar-refractivity contribution in [1.82, 2.24) is 106 Å². The molecule has 0 radical (unpaired) electrons. The van der Waals surface area contributed by atoms with Gasteiger partial charge in [0.2, 0.25) is 100 Å². The number of nitrogens with one attached hydrogen (secondary N) is 24. The fraction of sp³-hybridized carbons (Fsp3) is 0.577. The highest BCUT2D eigenvalue weighted by Crippen LogP contribution is 2.15. The summed E-state index contributed by atoms with van der Waals surface area (Å²) in [5.74, 6) is -19.8. The van der Waals surface area contributed by atoms with Crippen LogP contribution >= 0.6 is 50.5 Å². The number of aromatic hydroxyl groups is 1. The van der Waals surface area contributed by atoms with Crippen molar-refractivity contribution in [1.29, 1.82) is 21.6 Å². The number of carbonyl (C=O) groups excluding carboxylic acids is 17. The minimum Gasteiger partial charge on any atom is -0.508 e. The highest BCUT2D eigenvalue weighted by atomic mass is 32.1. The summed E-state index contributed by atoms with van der Waals surface area (Å²) in [6.07, 6.45) is 0.134. The van der Waals surface area contributed by atoms with E-state index in [0.29, 0.717) is 24.0 Å². The van der Waals surface area contributed by atoms with Crippen LogP contribution in [0.3, 0.4) is 0 Å². The van der Waals surface area contributed by atoms with Crippen molar-refractivity contribution in [3.8, 4) is 5.75 Å². The molecule has 37 N–H and O–H groups in total. The smallest absolute Gasteiger partial charge is 0.244 e. The number of hydrogen-bond donors (Lipinski definition) is 35. The van der Waals surface area contributed by atoms with Gasteiger partial charge in [0.25, 0.3) is 0 Å². The van der Waals surface area contributed by atoms with Gasteiger partial charge in [-0.1, -0.05) is 84.0 Å². The van der Waals surface area contributed by atoms with Crippen molar-refractivity contribution in [2.75, 3.05) is 75.4 Å². The zero-order valence-corrected chi connectivity index (χ0v) is 76.9. The fourth-order valence-corrected chi connectivity index (χ4v) is 13.0. The van der Waals surface area contributed by atoms with Gasteiger partial charge in [-0.3, -0.25) is 103 Å². The molecule has 17 amide bonds. The number of amides is 17. The summed E-state index contributed by atoms with van der Waals surface area (Å²) >= 11 is 17.2. The van der Waals surface area contributed by atoms with Crippen LogP contribution in [0.5, 0.6) is 5.75 Å². The van der Waals surface area contributed by atoms with Crippen LogP contribution in [-0.2, 0) is 94.3 Å². The van der Waals surface area contributed by atoms with Crippen molar-refractivity contribution < 1.29 is 86.6 Å². The van der Waals surface area contributed by atoms with Crippen LogP contribution < -0.4 is 141 Å². The molecule has 0 unspecified atom stereocenters. The molecule has 48 nitrogen and oxygen atoms in total. The predicted molar refractivity (Wildman–Crippen MR) is 495 cm³/mol. The second-order valence-corrected chi connectivity index (χ2v) is 32.5. The lowest BCUT2D eigenvalue weighted by atomic mass is 10.0. The Morgan fingerprint density at radius 2 is 0.615 bits per heavy atom. The van der Waals surface area contributed by atoms with Crippen molar-refractivity contribution in [3.63, 3.8) is 0 Å². The molecule has 0 bridgehead atoms. The summed E-state index contributed by atoms with van der Waals surface area (Å²) in [4.78, 5) is 233. The van der Waals surface area contributed by atoms with Crippen molar-refractivity contribution in [3.05, 3.63) is 65.7 Å². The largest absolute Gasteiger partial charge is 0.508 e. The first-order valence-electron chi connectivity index (χ1n) is 41.7. The van der Waals surface area contributed by atoms with Gasteiger partial charge in [0.15, 0.2) is 23.8 Å². The van der Waals surface area contributed by atoms with Crippen LogP contribution in [0.1, 0.15) is 110 Å². The van der Waals surface area contributed by atoms with Gasteiger partial charge in [0, 0.05) is 62.0 Å². The molecule has 2 rings (SSSR count). The lowest BCUT2D eigenvalue weighted by molar-refractivity contribution is -0.136. The van der Waals surface area contributed by atoms with Crippen LogP contribution in [0, 0.1) is 39.4 Å². The molecule has 0 aliphatic rings. The number of guanidine groups is 4. The number of thiol groups is 4. The Labute approximate surface area is 775 Å². The molecular weight excluding hydrogens is 1770 g/mol. The number of benzene rings is 2. The second kappa shape index (κ2) is 61.2. The Balaban J connectivity index is 2.39. The summed E-state index contributed by atoms with van der Waals surface area (Å²) in [6, 6.07) is -4.53. The molecular formula is C78H130N30O18S4. The molecule has 0 fully saturated rings. The van der Waals surface area contributed by atoms with Gasteiger partial charge in [-0.05, 0) is 98.8 Å². The van der Waals surface area contributed by atoms with Crippen LogP contribution in [0.15, 0.2) is 54.6 Å². The van der Waals surface area contributed by atoms with Gasteiger partial charge < -0.3 is 146 Å². The Morgan fingerprint density at radius 3 is 1.02 bits per heavy atom. The standard InChI is InChI=1S/C78H130N30O18S4/c1-39(2)28-49(99-57(111)32-93-56(110)31-94-63(115)45(79)16-10-24-89-75(81)82)66(118)103-53(36-128)70(122)102-51(30-43-20-22-44(109)23-21-43)68(120)104-52(35-127)69(121)100-47(18-12-26-91-77(85)86)64(116)95-33-59(113)98-48(19-13-27-92-78(87)88)65(117)101-50(29-42-14-8-7-9-15-42)67(119)105-54(37-129)71(123)108-61(41(5)6)74(126)106-55(38-130)72(124)107-60(40(3)4)73(125)96-34-58(112)97-46(62(80)114)17-11-25-90-76(83)84/h7-9,14-15,20-23,39-41,45-55,60-61,109,127-130H,10-13,16-19,24-38,79H2,1-6H3,(H2,80,114)(H,93,110)(H,94,115)(H,95,116)(H,96,125)(H,97,112)(H,98,113)(H,99,111)(H,100,121)(H,101,117)(H,102,122)(H,103,118)(H,104,120)(H,105,119)(H,106,126)(H,107,124)(H,108,123)(H4,81,82,89)(H4,83,84,90)(H4,85,86,91)(H4,87,88,92)/t45-,46-,47-,48-,49-,50-,51-,52-,53-,54-,55-,60-,61-/m0/s1. The maximum atomic E-state index is 14.6. The Morgan fingerprint density at radius 1 is 0.315 bits per heavy atom. The third-order valence-electron chi connectivity index (χ3n) is 19.0. The molecule has 0 heterocycles. The monoisotopic (exact) mass is 1900 g/mol. The summed E-state index contributed by atoms with van der Waals surface area (Å²) in [5.41, 5.74) is 33.8. The molecule has 0 saturated heterocycles. The highest BCUT2D eigenvalue weighted by molar-refractivity contribution is 7.80. The molecule has 130 heavy (non-hydrogen) atoms. The van der Waals surface area contributed by atoms with Crippen molar-refractivity contribution in [2.45, 2.75) is 191 Å². The van der Waals surface area contributed by atoms with E-state index in [-0.39, 0.29) is 119 Å². The molecule has 724 valence electrons. The van der Waals surface area contributed by atoms with Gasteiger partial charge in [0.1, 0.15) is 78.3 Å². The van der Waals surface area contributed by atoms with Crippen LogP contribution in [-0.4, -0.2) is 283 Å². The van der Waals surface area contributed by atoms with E-state index in [1.165, 1.54) is 24.3 Å². The fourth-order valence-electron chi connectivity index (χ4n) is 12.0. The molecule has 0 aliphatic carbocycles. The molecule has 13 atom stereocenters. The van der Waals surface area contributed by atoms with E-state index in [0.717, 1.165) is 0 Å². The first-order chi connectivity index (χ1) is 61.3. The molecule has 0 aromatic heterocycles. The van der Waals surface area contributed by atoms with Crippen LogP contribution in [0.4, 0.5) is 0 Å². The zero-order valence-electron chi connectivity index (χ0n) is 73.3. The van der Waals surface area contributed by atoms with E-state index in [2.05, 4.69) is 157 Å². The Bertz CT molecular complexity index is 4160. The maximum absolute atomic E-state index is 14.6. The lowest BCUT2D eigenvalue weighted by Gasteiger charge is -2.28. The SMILES string of the molecule is CC(C)C[C@H](NC(=O)CNC(=O)CNC(=O)[C@@H](N)CCCNC(=N)N)C(=O)N[C@@H](CS)C(=O)N[C@@H](Cc1ccc(O)cc1)C(=O)N[C@@H](CS)C(=O)N[C@@H](CCCNC(=N)N)C(=O)NCC(=O)N[C@@H](CCCNC(=N)N)C(=O)N[C@@H](Cc1ccccc1)C(=O)N[C@@H](CS)C(=O)N[C@H](C(=O)N[C@@H](CS)C(=O)N[C@H](C(=O)NCC(=O)N[C@@H](CCCNC(=N)N)C(N)=O)C(C)C)C(C)C. The molecule has 0 saturated carbocycles. The topological polar surface area (TPSA) is 803 Å². The summed E-state index contributed by atoms with van der Waals surface area (Å²) in [6.45, 7) is 7.61. The third kappa shape index (κ3) is 46.1. The van der Waals surface area contributed by atoms with Gasteiger partial charge in [-0.25, -0.2) is 0 Å². The zero-order chi connectivity index (χ0) is 97.9. The van der Waals surface area contributed by atoms with Crippen LogP contribution in [0.2, 0.25) is 0 Å². The number of nitrogens with two attached hydrogens (primary N) is 6. The van der Waals surface area contributed by atoms with E-state index >= 15 is 0 Å². The van der Waals surface area contributed by atoms with Gasteiger partial charge in [-0.2, -0.15) is 50.5 Å². The first kappa shape index (κ1) is 114. The molecule has 2 aromatic rings. The number of hydrogen-bond acceptors (Lipinski definition) is 27. The lowest BCUT2D eigenvalue weighted by Crippen LogP contribution is -2.61. The normalized spacial score (nSPS) is 13.9. The van der Waals surface area contributed by atoms with E-state index in [1.807, 2.05) is 0 Å². The number of phenols is 1. The molecule has 0 spiro atoms. The minimum absolute atomic E-state index is 0.00494. The summed E-state index contributed by atoms with van der Waals surface area (Å²) < 4.78 is 0. The highest BCUT2D eigenvalue weighted by Gasteiger charge is 2.38. The average molecular weight is 1900 g/mol. The Hall–Kier alpha value is -12.3. The molecule has 0 aliphatic heterocycles. The first-order valence-corrected chi connectivity index (χ1v) is 44.2. The minimum atomic E-state index is -1.59. The predicted octanol–water partition coefficient (Wildman–Crippen LogP) is -9.60. The number of rotatable bonds is 61.